The molecule has 1 aromatic rings. The van der Waals surface area contributed by atoms with Crippen molar-refractivity contribution >= 4 is 11.6 Å². The number of methoxy groups -OCH3 is 1. The van der Waals surface area contributed by atoms with Gasteiger partial charge < -0.3 is 10.5 Å². The number of hydrogen-bond donors (Lipinski definition) is 1. The van der Waals surface area contributed by atoms with E-state index in [1.807, 2.05) is 13.1 Å². The van der Waals surface area contributed by atoms with Gasteiger partial charge in [-0.25, -0.2) is 4.39 Å². The molecular weight excluding hydrogens is 267 g/mol. The molecular formula is C14H20ClFN2O. The summed E-state index contributed by atoms with van der Waals surface area (Å²) >= 11 is 6.15. The highest BCUT2D eigenvalue weighted by atomic mass is 35.5. The van der Waals surface area contributed by atoms with Gasteiger partial charge in [0.05, 0.1) is 6.61 Å². The highest BCUT2D eigenvalue weighted by molar-refractivity contribution is 6.31. The van der Waals surface area contributed by atoms with Crippen LogP contribution in [0.4, 0.5) is 4.39 Å². The maximum absolute atomic E-state index is 14.0. The van der Waals surface area contributed by atoms with Crippen LogP contribution in [0.15, 0.2) is 12.1 Å². The van der Waals surface area contributed by atoms with Crippen molar-refractivity contribution in [3.63, 3.8) is 0 Å². The lowest BCUT2D eigenvalue weighted by atomic mass is 9.98. The first-order valence-electron chi connectivity index (χ1n) is 6.43. The minimum absolute atomic E-state index is 0.191. The lowest BCUT2D eigenvalue weighted by Crippen LogP contribution is -2.20. The van der Waals surface area contributed by atoms with Crippen LogP contribution in [0.3, 0.4) is 0 Å². The summed E-state index contributed by atoms with van der Waals surface area (Å²) in [5.74, 6) is 0.171. The molecule has 1 aliphatic rings. The summed E-state index contributed by atoms with van der Waals surface area (Å²) in [6.07, 6.45) is 0.951. The Morgan fingerprint density at radius 1 is 1.53 bits per heavy atom. The van der Waals surface area contributed by atoms with Gasteiger partial charge in [0.25, 0.3) is 0 Å². The van der Waals surface area contributed by atoms with Crippen LogP contribution in [0.1, 0.15) is 23.6 Å². The Bertz CT molecular complexity index is 432. The summed E-state index contributed by atoms with van der Waals surface area (Å²) in [4.78, 5) is 2.21. The van der Waals surface area contributed by atoms with Crippen molar-refractivity contribution in [3.05, 3.63) is 34.1 Å². The molecule has 1 saturated heterocycles. The average molecular weight is 287 g/mol. The van der Waals surface area contributed by atoms with Crippen LogP contribution in [0.25, 0.3) is 0 Å². The van der Waals surface area contributed by atoms with E-state index < -0.39 is 0 Å². The fourth-order valence-corrected chi connectivity index (χ4v) is 3.03. The maximum Gasteiger partial charge on any atom is 0.130 e. The highest BCUT2D eigenvalue weighted by Crippen LogP contribution is 2.36. The van der Waals surface area contributed by atoms with Crippen LogP contribution in [-0.4, -0.2) is 32.1 Å². The molecule has 2 rings (SSSR count). The van der Waals surface area contributed by atoms with Gasteiger partial charge in [-0.3, -0.25) is 4.90 Å². The van der Waals surface area contributed by atoms with Crippen molar-refractivity contribution in [2.45, 2.75) is 19.1 Å². The van der Waals surface area contributed by atoms with Gasteiger partial charge in [-0.2, -0.15) is 0 Å². The fraction of sp³-hybridized carbons (Fsp3) is 0.571. The lowest BCUT2D eigenvalue weighted by molar-refractivity contribution is 0.181. The Labute approximate surface area is 118 Å². The first-order valence-corrected chi connectivity index (χ1v) is 6.81. The monoisotopic (exact) mass is 286 g/mol. The number of nitrogens with two attached hydrogens (primary N) is 1. The summed E-state index contributed by atoms with van der Waals surface area (Å²) in [6, 6.07) is 3.61. The Morgan fingerprint density at radius 3 is 2.79 bits per heavy atom. The molecule has 0 saturated carbocycles. The molecule has 0 aromatic heterocycles. The molecule has 1 heterocycles. The second-order valence-corrected chi connectivity index (χ2v) is 5.60. The number of rotatable bonds is 4. The van der Waals surface area contributed by atoms with E-state index in [1.165, 1.54) is 7.11 Å². The standard InChI is InChI=1S/C14H20ClFN2O/c1-18-7-9(6-17)3-14(18)10-4-12(15)11(8-19-2)13(16)5-10/h4-5,9,14H,3,6-8,17H2,1-2H3. The summed E-state index contributed by atoms with van der Waals surface area (Å²) in [7, 11) is 3.56. The van der Waals surface area contributed by atoms with E-state index >= 15 is 0 Å². The zero-order valence-corrected chi connectivity index (χ0v) is 12.1. The normalized spacial score (nSPS) is 24.1. The van der Waals surface area contributed by atoms with Gasteiger partial charge in [-0.15, -0.1) is 0 Å². The predicted octanol–water partition coefficient (Wildman–Crippen LogP) is 2.58. The minimum atomic E-state index is -0.297. The second kappa shape index (κ2) is 6.18. The van der Waals surface area contributed by atoms with Crippen LogP contribution in [-0.2, 0) is 11.3 Å². The molecule has 1 fully saturated rings. The molecule has 5 heteroatoms. The Hall–Kier alpha value is -0.680. The summed E-state index contributed by atoms with van der Waals surface area (Å²) in [5.41, 5.74) is 7.05. The van der Waals surface area contributed by atoms with Crippen molar-refractivity contribution in [1.29, 1.82) is 0 Å². The molecule has 2 N–H and O–H groups in total. The predicted molar refractivity (Wildman–Crippen MR) is 74.7 cm³/mol. The molecule has 1 aromatic carbocycles. The van der Waals surface area contributed by atoms with Crippen molar-refractivity contribution < 1.29 is 9.13 Å². The third kappa shape index (κ3) is 3.08. The van der Waals surface area contributed by atoms with Crippen molar-refractivity contribution in [3.8, 4) is 0 Å². The zero-order chi connectivity index (χ0) is 14.0. The van der Waals surface area contributed by atoms with Gasteiger partial charge in [-0.05, 0) is 43.6 Å². The Kier molecular flexibility index (Phi) is 4.79. The second-order valence-electron chi connectivity index (χ2n) is 5.19. The van der Waals surface area contributed by atoms with Crippen LogP contribution >= 0.6 is 11.6 Å². The van der Waals surface area contributed by atoms with E-state index in [-0.39, 0.29) is 18.5 Å². The summed E-state index contributed by atoms with van der Waals surface area (Å²) in [6.45, 7) is 1.80. The van der Waals surface area contributed by atoms with Gasteiger partial charge in [-0.1, -0.05) is 11.6 Å². The van der Waals surface area contributed by atoms with Gasteiger partial charge in [0.2, 0.25) is 0 Å². The number of halogens is 2. The third-order valence-electron chi connectivity index (χ3n) is 3.80. The minimum Gasteiger partial charge on any atom is -0.380 e. The number of hydrogen-bond acceptors (Lipinski definition) is 3. The average Bonchev–Trinajstić information content (AvgIpc) is 2.75. The summed E-state index contributed by atoms with van der Waals surface area (Å²) in [5, 5.41) is 0.432. The maximum atomic E-state index is 14.0. The fourth-order valence-electron chi connectivity index (χ4n) is 2.76. The van der Waals surface area contributed by atoms with Crippen LogP contribution in [0.5, 0.6) is 0 Å². The smallest absolute Gasteiger partial charge is 0.130 e. The molecule has 0 aliphatic carbocycles. The van der Waals surface area contributed by atoms with E-state index in [1.54, 1.807) is 6.07 Å². The molecule has 3 nitrogen and oxygen atoms in total. The van der Waals surface area contributed by atoms with Crippen molar-refractivity contribution in [2.75, 3.05) is 27.2 Å². The molecule has 106 valence electrons. The molecule has 2 unspecified atom stereocenters. The van der Waals surface area contributed by atoms with Crippen LogP contribution < -0.4 is 5.73 Å². The first-order chi connectivity index (χ1) is 9.06. The lowest BCUT2D eigenvalue weighted by Gasteiger charge is -2.20. The first kappa shape index (κ1) is 14.7. The molecule has 0 radical (unpaired) electrons. The number of ether oxygens (including phenoxy) is 1. The Morgan fingerprint density at radius 2 is 2.26 bits per heavy atom. The van der Waals surface area contributed by atoms with Crippen molar-refractivity contribution in [2.24, 2.45) is 11.7 Å². The molecule has 0 spiro atoms. The van der Waals surface area contributed by atoms with Gasteiger partial charge in [0.1, 0.15) is 5.82 Å². The van der Waals surface area contributed by atoms with Gasteiger partial charge in [0.15, 0.2) is 0 Å². The van der Waals surface area contributed by atoms with E-state index in [4.69, 9.17) is 22.1 Å². The third-order valence-corrected chi connectivity index (χ3v) is 4.14. The Balaban J connectivity index is 2.26. The molecule has 0 bridgehead atoms. The summed E-state index contributed by atoms with van der Waals surface area (Å²) < 4.78 is 19.0. The van der Waals surface area contributed by atoms with E-state index in [0.717, 1.165) is 18.5 Å². The zero-order valence-electron chi connectivity index (χ0n) is 11.3. The number of nitrogens with zero attached hydrogens (tertiary/aromatic N) is 1. The topological polar surface area (TPSA) is 38.5 Å². The number of likely N-dealkylation sites (tertiary alicyclic amines) is 1. The van der Waals surface area contributed by atoms with Crippen molar-refractivity contribution in [1.82, 2.24) is 4.90 Å². The van der Waals surface area contributed by atoms with Crippen LogP contribution in [0, 0.1) is 11.7 Å². The quantitative estimate of drug-likeness (QED) is 0.924. The van der Waals surface area contributed by atoms with E-state index in [2.05, 4.69) is 4.90 Å². The molecule has 1 aliphatic heterocycles. The molecule has 19 heavy (non-hydrogen) atoms. The highest BCUT2D eigenvalue weighted by Gasteiger charge is 2.30. The van der Waals surface area contributed by atoms with E-state index in [9.17, 15) is 4.39 Å². The SMILES string of the molecule is COCc1c(F)cc(C2CC(CN)CN2C)cc1Cl. The largest absolute Gasteiger partial charge is 0.380 e. The van der Waals surface area contributed by atoms with Crippen LogP contribution in [0.2, 0.25) is 5.02 Å². The molecule has 2 atom stereocenters. The molecule has 0 amide bonds. The van der Waals surface area contributed by atoms with Gasteiger partial charge in [0, 0.05) is 30.3 Å². The van der Waals surface area contributed by atoms with Gasteiger partial charge >= 0.3 is 0 Å². The number of benzene rings is 1. The van der Waals surface area contributed by atoms with E-state index in [0.29, 0.717) is 23.0 Å².